The van der Waals surface area contributed by atoms with Crippen molar-refractivity contribution in [3.8, 4) is 0 Å². The van der Waals surface area contributed by atoms with Crippen LogP contribution in [0.25, 0.3) is 0 Å². The van der Waals surface area contributed by atoms with E-state index in [2.05, 4.69) is 41.4 Å². The van der Waals surface area contributed by atoms with Crippen LogP contribution in [0.5, 0.6) is 0 Å². The Balaban J connectivity index is 1.69. The Labute approximate surface area is 127 Å². The fraction of sp³-hybridized carbons (Fsp3) is 0.684. The smallest absolute Gasteiger partial charge is 0.0470 e. The lowest BCUT2D eigenvalue weighted by molar-refractivity contribution is -0.0850. The summed E-state index contributed by atoms with van der Waals surface area (Å²) < 4.78 is 0. The molecule has 1 saturated carbocycles. The molecule has 3 aliphatic heterocycles. The van der Waals surface area contributed by atoms with E-state index in [1.807, 2.05) is 0 Å². The largest absolute Gasteiger partial charge is 0.379 e. The molecule has 0 aromatic heterocycles. The highest BCUT2D eigenvalue weighted by molar-refractivity contribution is 5.63. The van der Waals surface area contributed by atoms with Crippen molar-refractivity contribution in [1.29, 1.82) is 0 Å². The van der Waals surface area contributed by atoms with E-state index < -0.39 is 0 Å². The van der Waals surface area contributed by atoms with Gasteiger partial charge in [0.15, 0.2) is 0 Å². The molecular formula is C19H26N2. The minimum absolute atomic E-state index is 0.376. The number of para-hydroxylation sites is 1. The molecule has 3 heterocycles. The van der Waals surface area contributed by atoms with Gasteiger partial charge in [0.05, 0.1) is 0 Å². The molecule has 0 amide bonds. The summed E-state index contributed by atoms with van der Waals surface area (Å²) in [7, 11) is 0. The maximum absolute atomic E-state index is 3.99. The summed E-state index contributed by atoms with van der Waals surface area (Å²) >= 11 is 0. The highest BCUT2D eigenvalue weighted by Gasteiger charge is 2.63. The van der Waals surface area contributed by atoms with Crippen LogP contribution in [0, 0.1) is 5.41 Å². The third-order valence-corrected chi connectivity index (χ3v) is 7.35. The van der Waals surface area contributed by atoms with Gasteiger partial charge in [0, 0.05) is 29.7 Å². The first-order valence-corrected chi connectivity index (χ1v) is 8.89. The molecule has 5 rings (SSSR count). The molecule has 0 radical (unpaired) electrons. The van der Waals surface area contributed by atoms with Gasteiger partial charge in [0.25, 0.3) is 0 Å². The third-order valence-electron chi connectivity index (χ3n) is 7.35. The number of benzene rings is 1. The first-order valence-electron chi connectivity index (χ1n) is 8.89. The monoisotopic (exact) mass is 282 g/mol. The third kappa shape index (κ3) is 1.42. The Kier molecular flexibility index (Phi) is 2.41. The molecule has 0 spiro atoms. The van der Waals surface area contributed by atoms with Crippen LogP contribution in [-0.4, -0.2) is 29.6 Å². The fourth-order valence-electron chi connectivity index (χ4n) is 6.33. The predicted octanol–water partition coefficient (Wildman–Crippen LogP) is 3.99. The number of rotatable bonds is 1. The number of nitrogens with zero attached hydrogens (tertiary/aromatic N) is 1. The Bertz CT molecular complexity index is 583. The van der Waals surface area contributed by atoms with Gasteiger partial charge >= 0.3 is 0 Å². The summed E-state index contributed by atoms with van der Waals surface area (Å²) in [6, 6.07) is 9.93. The van der Waals surface area contributed by atoms with Crippen LogP contribution in [-0.2, 0) is 0 Å². The van der Waals surface area contributed by atoms with Gasteiger partial charge < -0.3 is 5.32 Å². The minimum atomic E-state index is 0.376. The number of nitrogens with one attached hydrogen (secondary N) is 1. The maximum Gasteiger partial charge on any atom is 0.0470 e. The van der Waals surface area contributed by atoms with Crippen LogP contribution in [0.4, 0.5) is 5.69 Å². The van der Waals surface area contributed by atoms with Crippen molar-refractivity contribution in [3.05, 3.63) is 29.8 Å². The average Bonchev–Trinajstić information content (AvgIpc) is 2.89. The number of piperidine rings is 2. The highest BCUT2D eigenvalue weighted by atomic mass is 15.2. The number of fused-ring (bicyclic) bond motifs is 1. The van der Waals surface area contributed by atoms with Crippen molar-refractivity contribution < 1.29 is 0 Å². The molecule has 4 aliphatic rings. The summed E-state index contributed by atoms with van der Waals surface area (Å²) in [5.41, 5.74) is 4.01. The molecule has 2 nitrogen and oxygen atoms in total. The van der Waals surface area contributed by atoms with Gasteiger partial charge in [-0.2, -0.15) is 0 Å². The van der Waals surface area contributed by atoms with E-state index in [0.717, 1.165) is 12.0 Å². The van der Waals surface area contributed by atoms with Crippen molar-refractivity contribution in [2.24, 2.45) is 5.41 Å². The van der Waals surface area contributed by atoms with Crippen molar-refractivity contribution in [2.45, 2.75) is 62.9 Å². The Morgan fingerprint density at radius 2 is 2.05 bits per heavy atom. The second kappa shape index (κ2) is 4.04. The molecule has 1 N–H and O–H groups in total. The van der Waals surface area contributed by atoms with Gasteiger partial charge in [-0.15, -0.1) is 0 Å². The topological polar surface area (TPSA) is 15.3 Å². The molecule has 1 aliphatic carbocycles. The summed E-state index contributed by atoms with van der Waals surface area (Å²) in [4.78, 5) is 2.86. The van der Waals surface area contributed by atoms with E-state index in [-0.39, 0.29) is 0 Å². The lowest BCUT2D eigenvalue weighted by atomic mass is 9.52. The molecule has 1 aromatic rings. The fourth-order valence-corrected chi connectivity index (χ4v) is 6.33. The minimum Gasteiger partial charge on any atom is -0.379 e. The van der Waals surface area contributed by atoms with Crippen molar-refractivity contribution in [2.75, 3.05) is 18.4 Å². The highest BCUT2D eigenvalue weighted by Crippen LogP contribution is 2.63. The van der Waals surface area contributed by atoms with Crippen LogP contribution in [0.15, 0.2) is 24.3 Å². The van der Waals surface area contributed by atoms with Gasteiger partial charge in [-0.05, 0) is 62.1 Å². The number of hydrogen-bond donors (Lipinski definition) is 1. The molecule has 2 bridgehead atoms. The van der Waals surface area contributed by atoms with Crippen LogP contribution in [0.3, 0.4) is 0 Å². The second-order valence-electron chi connectivity index (χ2n) is 7.90. The van der Waals surface area contributed by atoms with Crippen LogP contribution in [0.2, 0.25) is 0 Å². The Morgan fingerprint density at radius 3 is 2.95 bits per heavy atom. The van der Waals surface area contributed by atoms with Crippen molar-refractivity contribution >= 4 is 5.69 Å². The Morgan fingerprint density at radius 1 is 1.14 bits per heavy atom. The van der Waals surface area contributed by atoms with E-state index >= 15 is 0 Å². The molecule has 4 atom stereocenters. The van der Waals surface area contributed by atoms with Crippen molar-refractivity contribution in [3.63, 3.8) is 0 Å². The number of anilines is 1. The number of hydrogen-bond acceptors (Lipinski definition) is 2. The molecule has 1 aromatic carbocycles. The maximum atomic E-state index is 3.99. The molecule has 21 heavy (non-hydrogen) atoms. The van der Waals surface area contributed by atoms with E-state index in [9.17, 15) is 0 Å². The van der Waals surface area contributed by atoms with Gasteiger partial charge in [-0.1, -0.05) is 25.1 Å². The van der Waals surface area contributed by atoms with E-state index in [1.165, 1.54) is 57.3 Å². The summed E-state index contributed by atoms with van der Waals surface area (Å²) in [5.74, 6) is 0.733. The van der Waals surface area contributed by atoms with E-state index in [4.69, 9.17) is 0 Å². The molecule has 0 unspecified atom stereocenters. The van der Waals surface area contributed by atoms with Crippen LogP contribution < -0.4 is 5.32 Å². The lowest BCUT2D eigenvalue weighted by Crippen LogP contribution is -2.67. The lowest BCUT2D eigenvalue weighted by Gasteiger charge is -2.63. The van der Waals surface area contributed by atoms with Gasteiger partial charge in [-0.3, -0.25) is 4.90 Å². The summed E-state index contributed by atoms with van der Waals surface area (Å²) in [5, 5.41) is 3.99. The predicted molar refractivity (Wildman–Crippen MR) is 86.7 cm³/mol. The van der Waals surface area contributed by atoms with Gasteiger partial charge in [0.1, 0.15) is 0 Å². The molecule has 2 heteroatoms. The van der Waals surface area contributed by atoms with Gasteiger partial charge in [-0.25, -0.2) is 0 Å². The molecule has 3 fully saturated rings. The average molecular weight is 282 g/mol. The van der Waals surface area contributed by atoms with Crippen LogP contribution in [0.1, 0.15) is 56.9 Å². The zero-order chi connectivity index (χ0) is 14.1. The Hall–Kier alpha value is -1.02. The molecular weight excluding hydrogens is 256 g/mol. The molecule has 112 valence electrons. The normalized spacial score (nSPS) is 43.9. The quantitative estimate of drug-likeness (QED) is 0.838. The zero-order valence-electron chi connectivity index (χ0n) is 13.1. The van der Waals surface area contributed by atoms with E-state index in [1.54, 1.807) is 5.56 Å². The zero-order valence-corrected chi connectivity index (χ0v) is 13.1. The first-order chi connectivity index (χ1) is 10.3. The SMILES string of the molecule is CC[C@@]12CCCN3CC[C@]4(CC1)Nc1ccccc1[C@H]4[C@H]32. The standard InChI is InChI=1S/C19H26N2/c1-2-18-8-5-12-21-13-11-19(10-9-18)16(17(18)21)14-6-3-4-7-15(14)20-19/h3-4,6-7,16-17,20H,2,5,8-13H2,1H3/t16-,17-,18+,19-/m0/s1. The second-order valence-corrected chi connectivity index (χ2v) is 7.90. The summed E-state index contributed by atoms with van der Waals surface area (Å²) in [6.45, 7) is 5.09. The summed E-state index contributed by atoms with van der Waals surface area (Å²) in [6.07, 6.45) is 8.39. The van der Waals surface area contributed by atoms with Gasteiger partial charge in [0.2, 0.25) is 0 Å². The molecule has 2 saturated heterocycles. The van der Waals surface area contributed by atoms with Crippen LogP contribution >= 0.6 is 0 Å². The first kappa shape index (κ1) is 12.5. The van der Waals surface area contributed by atoms with E-state index in [0.29, 0.717) is 11.0 Å². The van der Waals surface area contributed by atoms with Crippen molar-refractivity contribution in [1.82, 2.24) is 4.90 Å².